The van der Waals surface area contributed by atoms with Gasteiger partial charge in [0, 0.05) is 36.8 Å². The molecule has 2 aromatic heterocycles. The van der Waals surface area contributed by atoms with E-state index in [-0.39, 0.29) is 6.10 Å². The highest BCUT2D eigenvalue weighted by Gasteiger charge is 2.22. The van der Waals surface area contributed by atoms with E-state index in [1.165, 1.54) is 11.3 Å². The molecule has 0 saturated heterocycles. The minimum absolute atomic E-state index is 0.190. The van der Waals surface area contributed by atoms with Crippen molar-refractivity contribution in [1.29, 1.82) is 0 Å². The number of nitrogens with zero attached hydrogens (tertiary/aromatic N) is 3. The molecule has 0 bridgehead atoms. The van der Waals surface area contributed by atoms with Crippen LogP contribution in [-0.2, 0) is 13.1 Å². The number of rotatable bonds is 2. The first-order valence-electron chi connectivity index (χ1n) is 7.58. The number of thiazole rings is 1. The first-order valence-corrected chi connectivity index (χ1v) is 8.46. The Labute approximate surface area is 134 Å². The van der Waals surface area contributed by atoms with E-state index >= 15 is 0 Å². The highest BCUT2D eigenvalue weighted by Crippen LogP contribution is 2.26. The minimum atomic E-state index is 0.190. The zero-order valence-corrected chi connectivity index (χ0v) is 13.6. The van der Waals surface area contributed by atoms with Crippen molar-refractivity contribution in [3.8, 4) is 5.75 Å². The number of fused-ring (bicyclic) bond motifs is 2. The van der Waals surface area contributed by atoms with Gasteiger partial charge >= 0.3 is 0 Å². The Morgan fingerprint density at radius 3 is 3.14 bits per heavy atom. The topological polar surface area (TPSA) is 29.8 Å². The van der Waals surface area contributed by atoms with Gasteiger partial charge in [-0.05, 0) is 19.9 Å². The van der Waals surface area contributed by atoms with Gasteiger partial charge in [-0.1, -0.05) is 18.2 Å². The van der Waals surface area contributed by atoms with Gasteiger partial charge in [-0.3, -0.25) is 9.30 Å². The Morgan fingerprint density at radius 1 is 1.36 bits per heavy atom. The maximum atomic E-state index is 6.05. The molecule has 4 rings (SSSR count). The van der Waals surface area contributed by atoms with E-state index in [0.717, 1.165) is 36.0 Å². The van der Waals surface area contributed by atoms with Crippen molar-refractivity contribution in [3.63, 3.8) is 0 Å². The normalized spacial score (nSPS) is 18.9. The van der Waals surface area contributed by atoms with Crippen molar-refractivity contribution >= 4 is 16.3 Å². The van der Waals surface area contributed by atoms with Crippen molar-refractivity contribution in [3.05, 3.63) is 52.8 Å². The summed E-state index contributed by atoms with van der Waals surface area (Å²) < 4.78 is 8.26. The quantitative estimate of drug-likeness (QED) is 0.725. The molecule has 1 aromatic carbocycles. The van der Waals surface area contributed by atoms with E-state index in [1.54, 1.807) is 11.3 Å². The standard InChI is InChI=1S/C17H19N3OS/c1-12-9-19(10-14-5-3-4-6-16(14)21-12)11-15-13(2)18-17-20(15)7-8-22-17/h3-8,12H,9-11H2,1-2H3. The van der Waals surface area contributed by atoms with Crippen LogP contribution in [0.2, 0.25) is 0 Å². The maximum Gasteiger partial charge on any atom is 0.194 e. The monoisotopic (exact) mass is 313 g/mol. The molecule has 0 amide bonds. The van der Waals surface area contributed by atoms with Crippen molar-refractivity contribution in [2.24, 2.45) is 0 Å². The molecule has 0 radical (unpaired) electrons. The third-order valence-corrected chi connectivity index (χ3v) is 4.90. The summed E-state index contributed by atoms with van der Waals surface area (Å²) in [4.78, 5) is 8.17. The smallest absolute Gasteiger partial charge is 0.194 e. The molecule has 0 fully saturated rings. The predicted molar refractivity (Wildman–Crippen MR) is 88.5 cm³/mol. The van der Waals surface area contributed by atoms with E-state index < -0.39 is 0 Å². The van der Waals surface area contributed by atoms with Crippen LogP contribution < -0.4 is 4.74 Å². The van der Waals surface area contributed by atoms with Gasteiger partial charge in [0.2, 0.25) is 0 Å². The van der Waals surface area contributed by atoms with E-state index in [2.05, 4.69) is 57.9 Å². The van der Waals surface area contributed by atoms with Crippen LogP contribution >= 0.6 is 11.3 Å². The third kappa shape index (κ3) is 2.40. The lowest BCUT2D eigenvalue weighted by Crippen LogP contribution is -2.31. The van der Waals surface area contributed by atoms with Crippen molar-refractivity contribution < 1.29 is 4.74 Å². The van der Waals surface area contributed by atoms with Crippen LogP contribution in [0.3, 0.4) is 0 Å². The van der Waals surface area contributed by atoms with Crippen LogP contribution in [0.4, 0.5) is 0 Å². The van der Waals surface area contributed by atoms with Crippen molar-refractivity contribution in [2.45, 2.75) is 33.0 Å². The van der Waals surface area contributed by atoms with E-state index in [0.29, 0.717) is 0 Å². The van der Waals surface area contributed by atoms with Gasteiger partial charge in [-0.15, -0.1) is 11.3 Å². The van der Waals surface area contributed by atoms with Gasteiger partial charge in [0.05, 0.1) is 11.4 Å². The highest BCUT2D eigenvalue weighted by atomic mass is 32.1. The molecule has 0 N–H and O–H groups in total. The lowest BCUT2D eigenvalue weighted by molar-refractivity contribution is 0.155. The molecule has 4 nitrogen and oxygen atoms in total. The van der Waals surface area contributed by atoms with Crippen molar-refractivity contribution in [1.82, 2.24) is 14.3 Å². The van der Waals surface area contributed by atoms with Gasteiger partial charge in [0.15, 0.2) is 4.96 Å². The molecule has 1 aliphatic heterocycles. The fourth-order valence-corrected chi connectivity index (χ4v) is 3.91. The SMILES string of the molecule is Cc1nc2sccn2c1CN1Cc2ccccc2OC(C)C1. The first kappa shape index (κ1) is 13.8. The third-order valence-electron chi connectivity index (χ3n) is 4.14. The molecule has 0 aliphatic carbocycles. The van der Waals surface area contributed by atoms with Gasteiger partial charge in [0.1, 0.15) is 11.9 Å². The first-order chi connectivity index (χ1) is 10.7. The Bertz CT molecular complexity index is 807. The Morgan fingerprint density at radius 2 is 2.23 bits per heavy atom. The number of aryl methyl sites for hydroxylation is 1. The average molecular weight is 313 g/mol. The lowest BCUT2D eigenvalue weighted by atomic mass is 10.2. The van der Waals surface area contributed by atoms with Gasteiger partial charge < -0.3 is 4.74 Å². The van der Waals surface area contributed by atoms with Gasteiger partial charge in [-0.25, -0.2) is 4.98 Å². The second kappa shape index (κ2) is 5.41. The number of benzene rings is 1. The Balaban J connectivity index is 1.65. The van der Waals surface area contributed by atoms with E-state index in [4.69, 9.17) is 4.74 Å². The number of hydrogen-bond donors (Lipinski definition) is 0. The fourth-order valence-electron chi connectivity index (χ4n) is 3.14. The minimum Gasteiger partial charge on any atom is -0.489 e. The summed E-state index contributed by atoms with van der Waals surface area (Å²) in [5, 5.41) is 2.09. The van der Waals surface area contributed by atoms with Gasteiger partial charge in [0.25, 0.3) is 0 Å². The van der Waals surface area contributed by atoms with Crippen LogP contribution in [0.15, 0.2) is 35.8 Å². The van der Waals surface area contributed by atoms with Crippen LogP contribution in [0.5, 0.6) is 5.75 Å². The molecule has 3 heterocycles. The predicted octanol–water partition coefficient (Wildman–Crippen LogP) is 3.49. The summed E-state index contributed by atoms with van der Waals surface area (Å²) in [6, 6.07) is 8.34. The average Bonchev–Trinajstić information content (AvgIpc) is 2.98. The molecule has 0 saturated carbocycles. The molecular weight excluding hydrogens is 294 g/mol. The van der Waals surface area contributed by atoms with Crippen LogP contribution in [0.25, 0.3) is 4.96 Å². The number of aromatic nitrogens is 2. The van der Waals surface area contributed by atoms with Crippen LogP contribution in [-0.4, -0.2) is 26.9 Å². The molecule has 1 atom stereocenters. The maximum absolute atomic E-state index is 6.05. The molecular formula is C17H19N3OS. The zero-order chi connectivity index (χ0) is 15.1. The summed E-state index contributed by atoms with van der Waals surface area (Å²) in [6.45, 7) is 6.97. The summed E-state index contributed by atoms with van der Waals surface area (Å²) in [5.41, 5.74) is 3.66. The summed E-state index contributed by atoms with van der Waals surface area (Å²) >= 11 is 1.69. The number of para-hydroxylation sites is 1. The number of imidazole rings is 1. The Kier molecular flexibility index (Phi) is 3.39. The summed E-state index contributed by atoms with van der Waals surface area (Å²) in [6.07, 6.45) is 2.30. The second-order valence-electron chi connectivity index (χ2n) is 5.91. The zero-order valence-electron chi connectivity index (χ0n) is 12.8. The summed E-state index contributed by atoms with van der Waals surface area (Å²) in [7, 11) is 0. The van der Waals surface area contributed by atoms with E-state index in [9.17, 15) is 0 Å². The Hall–Kier alpha value is -1.85. The molecule has 22 heavy (non-hydrogen) atoms. The molecule has 0 spiro atoms. The van der Waals surface area contributed by atoms with Crippen molar-refractivity contribution in [2.75, 3.05) is 6.54 Å². The molecule has 1 unspecified atom stereocenters. The summed E-state index contributed by atoms with van der Waals surface area (Å²) in [5.74, 6) is 1.02. The molecule has 114 valence electrons. The van der Waals surface area contributed by atoms with Crippen LogP contribution in [0.1, 0.15) is 23.9 Å². The number of ether oxygens (including phenoxy) is 1. The number of hydrogen-bond acceptors (Lipinski definition) is 4. The lowest BCUT2D eigenvalue weighted by Gasteiger charge is -2.21. The van der Waals surface area contributed by atoms with Crippen LogP contribution in [0, 0.1) is 6.92 Å². The fraction of sp³-hybridized carbons (Fsp3) is 0.353. The van der Waals surface area contributed by atoms with E-state index in [1.807, 2.05) is 6.07 Å². The molecule has 1 aliphatic rings. The molecule has 5 heteroatoms. The highest BCUT2D eigenvalue weighted by molar-refractivity contribution is 7.15. The largest absolute Gasteiger partial charge is 0.489 e. The van der Waals surface area contributed by atoms with Gasteiger partial charge in [-0.2, -0.15) is 0 Å². The second-order valence-corrected chi connectivity index (χ2v) is 6.78. The molecule has 3 aromatic rings.